The van der Waals surface area contributed by atoms with E-state index in [9.17, 15) is 18.4 Å². The molecule has 1 aromatic heterocycles. The summed E-state index contributed by atoms with van der Waals surface area (Å²) in [4.78, 5) is 27.6. The van der Waals surface area contributed by atoms with Crippen molar-refractivity contribution in [3.05, 3.63) is 92.4 Å². The summed E-state index contributed by atoms with van der Waals surface area (Å²) in [6.07, 6.45) is 2.83. The Labute approximate surface area is 200 Å². The molecule has 0 unspecified atom stereocenters. The number of hydrogen-bond donors (Lipinski definition) is 1. The smallest absolute Gasteiger partial charge is 0.271 e. The molecule has 1 aliphatic heterocycles. The van der Waals surface area contributed by atoms with E-state index in [0.717, 1.165) is 11.6 Å². The van der Waals surface area contributed by atoms with Gasteiger partial charge in [-0.15, -0.1) is 0 Å². The molecule has 0 aliphatic carbocycles. The minimum Gasteiger partial charge on any atom is -0.353 e. The number of likely N-dealkylation sites (tertiary alicyclic amines) is 1. The quantitative estimate of drug-likeness (QED) is 0.570. The fourth-order valence-electron chi connectivity index (χ4n) is 4.13. The van der Waals surface area contributed by atoms with Gasteiger partial charge in [0.15, 0.2) is 0 Å². The summed E-state index contributed by atoms with van der Waals surface area (Å²) in [6, 6.07) is 12.0. The summed E-state index contributed by atoms with van der Waals surface area (Å²) in [5.74, 6) is -1.12. The van der Waals surface area contributed by atoms with Crippen molar-refractivity contribution in [3.8, 4) is 6.07 Å². The van der Waals surface area contributed by atoms with E-state index in [2.05, 4.69) is 5.32 Å². The Morgan fingerprint density at radius 1 is 1.15 bits per heavy atom. The molecule has 34 heavy (non-hydrogen) atoms. The van der Waals surface area contributed by atoms with Gasteiger partial charge in [0.2, 0.25) is 0 Å². The zero-order chi connectivity index (χ0) is 24.4. The van der Waals surface area contributed by atoms with Gasteiger partial charge in [0.1, 0.15) is 22.7 Å². The summed E-state index contributed by atoms with van der Waals surface area (Å²) in [5, 5.41) is 11.6. The van der Waals surface area contributed by atoms with Crippen LogP contribution in [0.15, 0.2) is 53.5 Å². The molecule has 1 saturated heterocycles. The lowest BCUT2D eigenvalue weighted by Gasteiger charge is -2.33. The average molecular weight is 483 g/mol. The molecule has 0 saturated carbocycles. The number of nitrogens with one attached hydrogen (secondary N) is 1. The van der Waals surface area contributed by atoms with Crippen LogP contribution in [0.4, 0.5) is 20.2 Å². The van der Waals surface area contributed by atoms with Crippen molar-refractivity contribution in [2.24, 2.45) is 7.05 Å². The molecular weight excluding hydrogens is 462 g/mol. The highest BCUT2D eigenvalue weighted by Crippen LogP contribution is 2.32. The summed E-state index contributed by atoms with van der Waals surface area (Å²) in [7, 11) is 1.50. The van der Waals surface area contributed by atoms with Gasteiger partial charge in [-0.25, -0.2) is 8.78 Å². The number of carbonyl (C=O) groups is 1. The van der Waals surface area contributed by atoms with E-state index >= 15 is 0 Å². The first-order valence-electron chi connectivity index (χ1n) is 10.7. The number of pyridine rings is 1. The number of piperidine rings is 1. The number of benzene rings is 2. The van der Waals surface area contributed by atoms with Gasteiger partial charge < -0.3 is 14.8 Å². The number of hydrogen-bond acceptors (Lipinski definition) is 4. The van der Waals surface area contributed by atoms with Crippen molar-refractivity contribution in [2.45, 2.75) is 18.8 Å². The number of aromatic nitrogens is 1. The van der Waals surface area contributed by atoms with E-state index in [0.29, 0.717) is 25.9 Å². The van der Waals surface area contributed by atoms with Crippen molar-refractivity contribution >= 4 is 28.9 Å². The van der Waals surface area contributed by atoms with Gasteiger partial charge in [0.25, 0.3) is 11.5 Å². The van der Waals surface area contributed by atoms with Gasteiger partial charge in [-0.1, -0.05) is 23.7 Å². The van der Waals surface area contributed by atoms with Gasteiger partial charge >= 0.3 is 0 Å². The SMILES string of the molecule is Cn1cc(C(=O)N2CCC(c3ccc(F)cc3)CC2)c(Nc2ccc(C#N)c(F)c2)c(Cl)c1=O. The van der Waals surface area contributed by atoms with Crippen LogP contribution >= 0.6 is 11.6 Å². The van der Waals surface area contributed by atoms with Gasteiger partial charge in [-0.2, -0.15) is 5.26 Å². The number of rotatable bonds is 4. The van der Waals surface area contributed by atoms with Crippen LogP contribution in [0.25, 0.3) is 0 Å². The van der Waals surface area contributed by atoms with E-state index in [4.69, 9.17) is 16.9 Å². The first-order valence-corrected chi connectivity index (χ1v) is 11.1. The van der Waals surface area contributed by atoms with Gasteiger partial charge in [0, 0.05) is 32.0 Å². The minimum absolute atomic E-state index is 0.0829. The second-order valence-corrected chi connectivity index (χ2v) is 8.58. The lowest BCUT2D eigenvalue weighted by Crippen LogP contribution is -2.39. The molecule has 2 heterocycles. The van der Waals surface area contributed by atoms with E-state index in [-0.39, 0.29) is 45.2 Å². The molecule has 0 atom stereocenters. The second kappa shape index (κ2) is 9.65. The number of halogens is 3. The highest BCUT2D eigenvalue weighted by Gasteiger charge is 2.28. The molecule has 1 aliphatic rings. The van der Waals surface area contributed by atoms with Crippen molar-refractivity contribution in [3.63, 3.8) is 0 Å². The monoisotopic (exact) mass is 482 g/mol. The van der Waals surface area contributed by atoms with Gasteiger partial charge in [-0.05, 0) is 54.7 Å². The van der Waals surface area contributed by atoms with E-state index in [1.54, 1.807) is 23.1 Å². The van der Waals surface area contributed by atoms with Crippen LogP contribution in [0, 0.1) is 23.0 Å². The predicted molar refractivity (Wildman–Crippen MR) is 125 cm³/mol. The second-order valence-electron chi connectivity index (χ2n) is 8.20. The molecule has 4 rings (SSSR count). The third-order valence-corrected chi connectivity index (χ3v) is 6.38. The largest absolute Gasteiger partial charge is 0.353 e. The number of carbonyl (C=O) groups excluding carboxylic acids is 1. The molecule has 0 bridgehead atoms. The molecular formula is C25H21ClF2N4O2. The zero-order valence-electron chi connectivity index (χ0n) is 18.3. The zero-order valence-corrected chi connectivity index (χ0v) is 19.1. The van der Waals surface area contributed by atoms with Crippen LogP contribution in [0.3, 0.4) is 0 Å². The van der Waals surface area contributed by atoms with Crippen LogP contribution in [0.2, 0.25) is 5.02 Å². The Balaban J connectivity index is 1.59. The minimum atomic E-state index is -0.733. The van der Waals surface area contributed by atoms with E-state index < -0.39 is 11.4 Å². The number of nitriles is 1. The first kappa shape index (κ1) is 23.5. The number of amides is 1. The van der Waals surface area contributed by atoms with E-state index in [1.807, 2.05) is 0 Å². The molecule has 2 aromatic carbocycles. The van der Waals surface area contributed by atoms with Crippen LogP contribution in [0.5, 0.6) is 0 Å². The van der Waals surface area contributed by atoms with Crippen LogP contribution < -0.4 is 10.9 Å². The maximum Gasteiger partial charge on any atom is 0.271 e. The van der Waals surface area contributed by atoms with Gasteiger partial charge in [0.05, 0.1) is 16.8 Å². The lowest BCUT2D eigenvalue weighted by atomic mass is 9.89. The number of aryl methyl sites for hydroxylation is 1. The molecule has 0 radical (unpaired) electrons. The third-order valence-electron chi connectivity index (χ3n) is 6.03. The maximum absolute atomic E-state index is 14.1. The topological polar surface area (TPSA) is 78.1 Å². The summed E-state index contributed by atoms with van der Waals surface area (Å²) in [6.45, 7) is 0.957. The van der Waals surface area contributed by atoms with Gasteiger partial charge in [-0.3, -0.25) is 9.59 Å². The number of anilines is 2. The van der Waals surface area contributed by atoms with Crippen LogP contribution in [0.1, 0.15) is 40.2 Å². The standard InChI is InChI=1S/C25H21ClF2N4O2/c1-31-14-20(23(22(26)25(31)34)30-19-7-4-17(13-29)21(28)12-19)24(33)32-10-8-16(9-11-32)15-2-5-18(27)6-3-15/h2-7,12,14,16,30H,8-11H2,1H3. The maximum atomic E-state index is 14.1. The summed E-state index contributed by atoms with van der Waals surface area (Å²) < 4.78 is 28.5. The Hall–Kier alpha value is -3.70. The fraction of sp³-hybridized carbons (Fsp3) is 0.240. The molecule has 9 heteroatoms. The Kier molecular flexibility index (Phi) is 6.66. The highest BCUT2D eigenvalue weighted by molar-refractivity contribution is 6.34. The van der Waals surface area contributed by atoms with Crippen molar-refractivity contribution in [1.29, 1.82) is 5.26 Å². The van der Waals surface area contributed by atoms with Crippen molar-refractivity contribution < 1.29 is 13.6 Å². The fourth-order valence-corrected chi connectivity index (χ4v) is 4.41. The Bertz CT molecular complexity index is 1340. The summed E-state index contributed by atoms with van der Waals surface area (Å²) in [5.41, 5.74) is 0.905. The van der Waals surface area contributed by atoms with Crippen molar-refractivity contribution in [1.82, 2.24) is 9.47 Å². The Morgan fingerprint density at radius 2 is 1.82 bits per heavy atom. The molecule has 1 N–H and O–H groups in total. The van der Waals surface area contributed by atoms with Crippen LogP contribution in [-0.2, 0) is 7.05 Å². The van der Waals surface area contributed by atoms with Crippen LogP contribution in [-0.4, -0.2) is 28.5 Å². The van der Waals surface area contributed by atoms with Crippen molar-refractivity contribution in [2.75, 3.05) is 18.4 Å². The lowest BCUT2D eigenvalue weighted by molar-refractivity contribution is 0.0713. The molecule has 1 amide bonds. The molecule has 0 spiro atoms. The Morgan fingerprint density at radius 3 is 2.44 bits per heavy atom. The molecule has 174 valence electrons. The first-order chi connectivity index (χ1) is 16.3. The summed E-state index contributed by atoms with van der Waals surface area (Å²) >= 11 is 6.31. The third kappa shape index (κ3) is 4.66. The molecule has 1 fully saturated rings. The highest BCUT2D eigenvalue weighted by atomic mass is 35.5. The average Bonchev–Trinajstić information content (AvgIpc) is 2.84. The molecule has 6 nitrogen and oxygen atoms in total. The van der Waals surface area contributed by atoms with E-state index in [1.165, 1.54) is 42.1 Å². The predicted octanol–water partition coefficient (Wildman–Crippen LogP) is 4.95. The molecule has 3 aromatic rings. The number of nitrogens with zero attached hydrogens (tertiary/aromatic N) is 3. The normalized spacial score (nSPS) is 14.0.